The van der Waals surface area contributed by atoms with Crippen LogP contribution in [0.4, 0.5) is 0 Å². The van der Waals surface area contributed by atoms with Gasteiger partial charge >= 0.3 is 23.9 Å². The number of fused-ring (bicyclic) bond motifs is 7. The minimum Gasteiger partial charge on any atom is -0.483 e. The molecule has 48 heavy (non-hydrogen) atoms. The first-order valence-electron chi connectivity index (χ1n) is 16.2. The summed E-state index contributed by atoms with van der Waals surface area (Å²) in [5, 5.41) is 9.90. The first kappa shape index (κ1) is 32.2. The van der Waals surface area contributed by atoms with Gasteiger partial charge in [-0.2, -0.15) is 5.26 Å². The summed E-state index contributed by atoms with van der Waals surface area (Å²) in [7, 11) is 0. The molecule has 1 aromatic heterocycles. The van der Waals surface area contributed by atoms with E-state index in [0.717, 1.165) is 0 Å². The average Bonchev–Trinajstić information content (AvgIpc) is 3.47. The lowest BCUT2D eigenvalue weighted by molar-refractivity contribution is -0.217. The number of benzene rings is 1. The summed E-state index contributed by atoms with van der Waals surface area (Å²) in [5.41, 5.74) is -8.77. The topological polar surface area (TPSA) is 168 Å². The highest BCUT2D eigenvalue weighted by Gasteiger charge is 2.78. The van der Waals surface area contributed by atoms with E-state index in [1.807, 2.05) is 6.07 Å². The summed E-state index contributed by atoms with van der Waals surface area (Å²) < 4.78 is 36.7. The van der Waals surface area contributed by atoms with E-state index in [-0.39, 0.29) is 46.4 Å². The van der Waals surface area contributed by atoms with Gasteiger partial charge in [0.2, 0.25) is 17.0 Å². The van der Waals surface area contributed by atoms with E-state index in [1.54, 1.807) is 55.4 Å². The predicted molar refractivity (Wildman–Crippen MR) is 165 cm³/mol. The third kappa shape index (κ3) is 3.42. The maximum absolute atomic E-state index is 14.5. The Kier molecular flexibility index (Phi) is 6.15. The van der Waals surface area contributed by atoms with Gasteiger partial charge in [-0.3, -0.25) is 14.4 Å². The molecule has 0 N–H and O–H groups in total. The minimum absolute atomic E-state index is 0.0716. The Morgan fingerprint density at radius 1 is 0.792 bits per heavy atom. The van der Waals surface area contributed by atoms with Gasteiger partial charge in [0, 0.05) is 10.8 Å². The summed E-state index contributed by atoms with van der Waals surface area (Å²) in [6.07, 6.45) is -1.61. The Labute approximate surface area is 277 Å². The van der Waals surface area contributed by atoms with Crippen molar-refractivity contribution in [3.63, 3.8) is 0 Å². The van der Waals surface area contributed by atoms with Crippen molar-refractivity contribution >= 4 is 34.8 Å². The van der Waals surface area contributed by atoms with E-state index in [9.17, 15) is 29.2 Å². The minimum atomic E-state index is -1.65. The van der Waals surface area contributed by atoms with Crippen LogP contribution < -0.4 is 10.2 Å². The van der Waals surface area contributed by atoms with Crippen LogP contribution in [0.5, 0.6) is 5.75 Å². The largest absolute Gasteiger partial charge is 0.483 e. The Hall–Kier alpha value is -4.40. The third-order valence-corrected chi connectivity index (χ3v) is 13.3. The molecule has 0 amide bonds. The van der Waals surface area contributed by atoms with Gasteiger partial charge < -0.3 is 28.1 Å². The Bertz CT molecular complexity index is 1980. The fraction of sp³-hybridized carbons (Fsp3) is 0.611. The molecule has 3 aliphatic heterocycles. The molecule has 2 saturated heterocycles. The molecule has 12 heteroatoms. The molecule has 5 aliphatic rings. The normalized spacial score (nSPS) is 36.1. The van der Waals surface area contributed by atoms with Crippen LogP contribution in [0, 0.1) is 39.9 Å². The zero-order chi connectivity index (χ0) is 35.2. The molecule has 0 spiro atoms. The molecule has 4 bridgehead atoms. The van der Waals surface area contributed by atoms with Crippen molar-refractivity contribution in [1.29, 1.82) is 5.26 Å². The van der Waals surface area contributed by atoms with E-state index in [2.05, 4.69) is 0 Å². The van der Waals surface area contributed by atoms with Crippen molar-refractivity contribution in [2.45, 2.75) is 117 Å². The molecular weight excluding hydrogens is 622 g/mol. The van der Waals surface area contributed by atoms with E-state index < -0.39 is 80.0 Å². The zero-order valence-electron chi connectivity index (χ0n) is 28.6. The second-order valence-corrected chi connectivity index (χ2v) is 16.1. The number of nitriles is 1. The summed E-state index contributed by atoms with van der Waals surface area (Å²) in [4.78, 5) is 68.4. The predicted octanol–water partition coefficient (Wildman–Crippen LogP) is 4.88. The van der Waals surface area contributed by atoms with Gasteiger partial charge in [-0.05, 0) is 72.4 Å². The monoisotopic (exact) mass is 661 g/mol. The van der Waals surface area contributed by atoms with Crippen LogP contribution >= 0.6 is 0 Å². The van der Waals surface area contributed by atoms with Crippen LogP contribution in [0.2, 0.25) is 0 Å². The van der Waals surface area contributed by atoms with Crippen LogP contribution in [-0.2, 0) is 38.1 Å². The summed E-state index contributed by atoms with van der Waals surface area (Å²) in [5.74, 6) is -2.77. The first-order valence-corrected chi connectivity index (χ1v) is 16.2. The van der Waals surface area contributed by atoms with Gasteiger partial charge in [0.25, 0.3) is 0 Å². The van der Waals surface area contributed by atoms with Gasteiger partial charge in [0.15, 0.2) is 23.2 Å². The SMILES string of the molecule is Cc1c(C#N)oc2c3c(ccc2c1=O)OC(C)(C)[C@H](OC(=O)[C@@]12CC[C@@](C)(C(=O)O1)C2(C)C)[C@@H]3OC(=O)[C@@]12CC[C@@](C)(C(=O)O1)C2(C)C. The van der Waals surface area contributed by atoms with E-state index >= 15 is 0 Å². The van der Waals surface area contributed by atoms with Crippen LogP contribution in [0.15, 0.2) is 21.3 Å². The highest BCUT2D eigenvalue weighted by Crippen LogP contribution is 2.67. The summed E-state index contributed by atoms with van der Waals surface area (Å²) in [6, 6.07) is 4.93. The van der Waals surface area contributed by atoms with Crippen molar-refractivity contribution in [2.75, 3.05) is 0 Å². The number of esters is 4. The molecule has 2 aliphatic carbocycles. The Balaban J connectivity index is 1.40. The maximum Gasteiger partial charge on any atom is 0.351 e. The number of carbonyl (C=O) groups is 4. The molecule has 4 heterocycles. The number of carbonyl (C=O) groups excluding carboxylic acids is 4. The van der Waals surface area contributed by atoms with Gasteiger partial charge in [0.05, 0.1) is 27.3 Å². The molecule has 0 unspecified atom stereocenters. The quantitative estimate of drug-likeness (QED) is 0.322. The van der Waals surface area contributed by atoms with Crippen molar-refractivity contribution in [3.8, 4) is 11.8 Å². The van der Waals surface area contributed by atoms with Crippen LogP contribution in [0.3, 0.4) is 0 Å². The summed E-state index contributed by atoms with van der Waals surface area (Å²) >= 11 is 0. The summed E-state index contributed by atoms with van der Waals surface area (Å²) in [6.45, 7) is 15.5. The highest BCUT2D eigenvalue weighted by molar-refractivity contribution is 5.95. The van der Waals surface area contributed by atoms with Crippen LogP contribution in [0.1, 0.15) is 104 Å². The number of hydrogen-bond acceptors (Lipinski definition) is 12. The molecule has 4 fully saturated rings. The van der Waals surface area contributed by atoms with Crippen LogP contribution in [0.25, 0.3) is 11.0 Å². The zero-order valence-corrected chi connectivity index (χ0v) is 28.6. The van der Waals surface area contributed by atoms with Crippen molar-refractivity contribution in [3.05, 3.63) is 39.2 Å². The van der Waals surface area contributed by atoms with Crippen molar-refractivity contribution in [2.24, 2.45) is 21.7 Å². The van der Waals surface area contributed by atoms with Gasteiger partial charge in [-0.1, -0.05) is 27.7 Å². The second-order valence-electron chi connectivity index (χ2n) is 16.1. The van der Waals surface area contributed by atoms with Gasteiger partial charge in [-0.25, -0.2) is 9.59 Å². The lowest BCUT2D eigenvalue weighted by Crippen LogP contribution is -2.57. The molecule has 6 atom stereocenters. The van der Waals surface area contributed by atoms with Gasteiger partial charge in [0.1, 0.15) is 17.4 Å². The smallest absolute Gasteiger partial charge is 0.351 e. The highest BCUT2D eigenvalue weighted by atomic mass is 16.7. The van der Waals surface area contributed by atoms with Gasteiger partial charge in [-0.15, -0.1) is 0 Å². The molecular formula is C36H39NO11. The van der Waals surface area contributed by atoms with Crippen molar-refractivity contribution in [1.82, 2.24) is 0 Å². The number of rotatable bonds is 4. The fourth-order valence-electron chi connectivity index (χ4n) is 8.83. The molecule has 12 nitrogen and oxygen atoms in total. The van der Waals surface area contributed by atoms with E-state index in [0.29, 0.717) is 12.8 Å². The third-order valence-electron chi connectivity index (χ3n) is 13.3. The number of hydrogen-bond donors (Lipinski definition) is 0. The molecule has 7 rings (SSSR count). The number of ether oxygens (including phenoxy) is 5. The standard InChI is InChI=1S/C36H39NO11/c1-17-20(16-37)43-23-18(22(17)38)10-11-19-21(23)24(44-28(41)35-14-12-33(8,26(39)47-35)31(35,4)5)25(30(2,3)46-19)45-29(42)36-15-13-34(9,27(40)48-36)32(36,6)7/h10-11,24-25H,12-15H2,1-9H3/t24-,25-,33+,34+,35-,36-/m1/s1. The van der Waals surface area contributed by atoms with E-state index in [4.69, 9.17) is 28.1 Å². The van der Waals surface area contributed by atoms with Crippen molar-refractivity contribution < 1.29 is 47.3 Å². The van der Waals surface area contributed by atoms with Crippen LogP contribution in [-0.4, -0.2) is 46.8 Å². The molecule has 254 valence electrons. The second kappa shape index (κ2) is 9.18. The van der Waals surface area contributed by atoms with E-state index in [1.165, 1.54) is 19.1 Å². The molecule has 1 aromatic carbocycles. The Morgan fingerprint density at radius 2 is 1.31 bits per heavy atom. The lowest BCUT2D eigenvalue weighted by atomic mass is 9.66. The molecule has 2 aromatic rings. The average molecular weight is 662 g/mol. The first-order chi connectivity index (χ1) is 22.2. The lowest BCUT2D eigenvalue weighted by Gasteiger charge is -2.45. The fourth-order valence-corrected chi connectivity index (χ4v) is 8.83. The maximum atomic E-state index is 14.5. The molecule has 0 radical (unpaired) electrons. The molecule has 2 saturated carbocycles. The number of nitrogens with zero attached hydrogens (tertiary/aromatic N) is 1. The Morgan fingerprint density at radius 3 is 1.77 bits per heavy atom.